The number of nitrogens with two attached hydrogens (primary N) is 1. The summed E-state index contributed by atoms with van der Waals surface area (Å²) < 4.78 is 11.6. The number of benzene rings is 2. The number of ether oxygens (including phenoxy) is 2. The molecule has 20 heavy (non-hydrogen) atoms. The zero-order valence-electron chi connectivity index (χ0n) is 10.9. The maximum atomic E-state index is 9.04. The molecule has 4 nitrogen and oxygen atoms in total. The molecule has 102 valence electrons. The van der Waals surface area contributed by atoms with Gasteiger partial charge in [0.1, 0.15) is 24.2 Å². The summed E-state index contributed by atoms with van der Waals surface area (Å²) in [5, 5.41) is 9.04. The number of hydrogen-bond acceptors (Lipinski definition) is 4. The second kappa shape index (κ2) is 6.31. The van der Waals surface area contributed by atoms with Crippen LogP contribution >= 0.6 is 15.9 Å². The highest BCUT2D eigenvalue weighted by molar-refractivity contribution is 9.10. The molecule has 0 aromatic heterocycles. The smallest absolute Gasteiger partial charge is 0.136 e. The number of nitrogen functional groups attached to an aromatic ring is 1. The molecule has 2 rings (SSSR count). The van der Waals surface area contributed by atoms with Crippen molar-refractivity contribution >= 4 is 21.6 Å². The molecule has 2 aromatic carbocycles. The van der Waals surface area contributed by atoms with Gasteiger partial charge < -0.3 is 15.2 Å². The number of methoxy groups -OCH3 is 1. The SMILES string of the molecule is COc1ccc(COc2cc(N)ccc2Br)cc1C#N. The number of nitriles is 1. The van der Waals surface area contributed by atoms with Crippen molar-refractivity contribution in [3.05, 3.63) is 52.0 Å². The van der Waals surface area contributed by atoms with Gasteiger partial charge >= 0.3 is 0 Å². The van der Waals surface area contributed by atoms with Crippen LogP contribution in [0.4, 0.5) is 5.69 Å². The molecule has 0 aliphatic rings. The maximum Gasteiger partial charge on any atom is 0.136 e. The van der Waals surface area contributed by atoms with Gasteiger partial charge in [0.25, 0.3) is 0 Å². The maximum absolute atomic E-state index is 9.04. The molecule has 0 atom stereocenters. The molecule has 0 bridgehead atoms. The molecule has 5 heteroatoms. The van der Waals surface area contributed by atoms with E-state index in [-0.39, 0.29) is 0 Å². The zero-order valence-corrected chi connectivity index (χ0v) is 12.5. The van der Waals surface area contributed by atoms with E-state index in [0.717, 1.165) is 10.0 Å². The van der Waals surface area contributed by atoms with Crippen molar-refractivity contribution < 1.29 is 9.47 Å². The lowest BCUT2D eigenvalue weighted by Crippen LogP contribution is -1.98. The van der Waals surface area contributed by atoms with Gasteiger partial charge in [0, 0.05) is 11.8 Å². The normalized spacial score (nSPS) is 9.85. The molecular weight excluding hydrogens is 320 g/mol. The quantitative estimate of drug-likeness (QED) is 0.870. The first kappa shape index (κ1) is 14.2. The minimum Gasteiger partial charge on any atom is -0.495 e. The fraction of sp³-hybridized carbons (Fsp3) is 0.133. The Morgan fingerprint density at radius 2 is 2.00 bits per heavy atom. The highest BCUT2D eigenvalue weighted by atomic mass is 79.9. The Hall–Kier alpha value is -2.19. The Morgan fingerprint density at radius 3 is 2.70 bits per heavy atom. The molecule has 0 heterocycles. The van der Waals surface area contributed by atoms with Gasteiger partial charge in [-0.2, -0.15) is 5.26 Å². The third-order valence-electron chi connectivity index (χ3n) is 2.73. The van der Waals surface area contributed by atoms with Crippen molar-refractivity contribution in [2.75, 3.05) is 12.8 Å². The van der Waals surface area contributed by atoms with Crippen LogP contribution in [0.25, 0.3) is 0 Å². The van der Waals surface area contributed by atoms with Crippen molar-refractivity contribution in [2.45, 2.75) is 6.61 Å². The van der Waals surface area contributed by atoms with Crippen LogP contribution in [0.3, 0.4) is 0 Å². The molecule has 0 saturated carbocycles. The first-order valence-corrected chi connectivity index (χ1v) is 6.68. The van der Waals surface area contributed by atoms with Crippen molar-refractivity contribution in [1.82, 2.24) is 0 Å². The van der Waals surface area contributed by atoms with Gasteiger partial charge in [-0.3, -0.25) is 0 Å². The molecule has 0 saturated heterocycles. The van der Waals surface area contributed by atoms with E-state index < -0.39 is 0 Å². The third kappa shape index (κ3) is 3.22. The van der Waals surface area contributed by atoms with Crippen LogP contribution in [0.5, 0.6) is 11.5 Å². The van der Waals surface area contributed by atoms with Crippen LogP contribution in [-0.4, -0.2) is 7.11 Å². The fourth-order valence-electron chi connectivity index (χ4n) is 1.72. The fourth-order valence-corrected chi connectivity index (χ4v) is 2.09. The molecule has 0 aliphatic heterocycles. The lowest BCUT2D eigenvalue weighted by Gasteiger charge is -2.10. The van der Waals surface area contributed by atoms with Crippen LogP contribution < -0.4 is 15.2 Å². The summed E-state index contributed by atoms with van der Waals surface area (Å²) in [5.41, 5.74) is 7.73. The predicted molar refractivity (Wildman–Crippen MR) is 80.6 cm³/mol. The van der Waals surface area contributed by atoms with E-state index in [9.17, 15) is 0 Å². The van der Waals surface area contributed by atoms with E-state index in [1.165, 1.54) is 7.11 Å². The molecule has 0 fully saturated rings. The molecule has 0 spiro atoms. The summed E-state index contributed by atoms with van der Waals surface area (Å²) >= 11 is 3.40. The van der Waals surface area contributed by atoms with Gasteiger partial charge in [0.05, 0.1) is 17.1 Å². The van der Waals surface area contributed by atoms with Gasteiger partial charge in [0.15, 0.2) is 0 Å². The first-order chi connectivity index (χ1) is 9.63. The van der Waals surface area contributed by atoms with E-state index in [2.05, 4.69) is 22.0 Å². The van der Waals surface area contributed by atoms with Gasteiger partial charge in [0.2, 0.25) is 0 Å². The average Bonchev–Trinajstić information content (AvgIpc) is 2.47. The topological polar surface area (TPSA) is 68.3 Å². The van der Waals surface area contributed by atoms with Crippen molar-refractivity contribution in [2.24, 2.45) is 0 Å². The van der Waals surface area contributed by atoms with E-state index in [4.69, 9.17) is 20.5 Å². The Bertz CT molecular complexity index is 665. The summed E-state index contributed by atoms with van der Waals surface area (Å²) in [7, 11) is 1.54. The zero-order chi connectivity index (χ0) is 14.5. The van der Waals surface area contributed by atoms with E-state index in [0.29, 0.717) is 29.4 Å². The van der Waals surface area contributed by atoms with Crippen molar-refractivity contribution in [3.63, 3.8) is 0 Å². The second-order valence-corrected chi connectivity index (χ2v) is 4.98. The monoisotopic (exact) mass is 332 g/mol. The van der Waals surface area contributed by atoms with Gasteiger partial charge in [-0.05, 0) is 45.8 Å². The number of halogens is 1. The predicted octanol–water partition coefficient (Wildman–Crippen LogP) is 3.49. The second-order valence-electron chi connectivity index (χ2n) is 4.12. The molecule has 0 amide bonds. The van der Waals surface area contributed by atoms with Gasteiger partial charge in [-0.1, -0.05) is 6.07 Å². The highest BCUT2D eigenvalue weighted by Gasteiger charge is 2.06. The summed E-state index contributed by atoms with van der Waals surface area (Å²) in [6.07, 6.45) is 0. The first-order valence-electron chi connectivity index (χ1n) is 5.89. The largest absolute Gasteiger partial charge is 0.495 e. The number of rotatable bonds is 4. The molecular formula is C15H13BrN2O2. The molecule has 0 radical (unpaired) electrons. The lowest BCUT2D eigenvalue weighted by atomic mass is 10.1. The van der Waals surface area contributed by atoms with Gasteiger partial charge in [-0.25, -0.2) is 0 Å². The standard InChI is InChI=1S/C15H13BrN2O2/c1-19-14-5-2-10(6-11(14)8-17)9-20-15-7-12(18)3-4-13(15)16/h2-7H,9,18H2,1H3. The number of hydrogen-bond donors (Lipinski definition) is 1. The minimum absolute atomic E-state index is 0.348. The van der Waals surface area contributed by atoms with E-state index >= 15 is 0 Å². The number of anilines is 1. The molecule has 0 aliphatic carbocycles. The molecule has 2 aromatic rings. The molecule has 0 unspecified atom stereocenters. The third-order valence-corrected chi connectivity index (χ3v) is 3.39. The van der Waals surface area contributed by atoms with Crippen molar-refractivity contribution in [1.29, 1.82) is 5.26 Å². The lowest BCUT2D eigenvalue weighted by molar-refractivity contribution is 0.304. The van der Waals surface area contributed by atoms with Crippen LogP contribution in [0.15, 0.2) is 40.9 Å². The summed E-state index contributed by atoms with van der Waals surface area (Å²) in [4.78, 5) is 0. The van der Waals surface area contributed by atoms with Crippen LogP contribution in [0, 0.1) is 11.3 Å². The van der Waals surface area contributed by atoms with Crippen LogP contribution in [-0.2, 0) is 6.61 Å². The highest BCUT2D eigenvalue weighted by Crippen LogP contribution is 2.28. The van der Waals surface area contributed by atoms with Gasteiger partial charge in [-0.15, -0.1) is 0 Å². The Kier molecular flexibility index (Phi) is 4.49. The summed E-state index contributed by atoms with van der Waals surface area (Å²) in [6, 6.07) is 12.8. The van der Waals surface area contributed by atoms with E-state index in [1.54, 1.807) is 24.3 Å². The average molecular weight is 333 g/mol. The van der Waals surface area contributed by atoms with Crippen molar-refractivity contribution in [3.8, 4) is 17.6 Å². The Balaban J connectivity index is 2.15. The Morgan fingerprint density at radius 1 is 1.20 bits per heavy atom. The Labute approximate surface area is 125 Å². The number of nitrogens with zero attached hydrogens (tertiary/aromatic N) is 1. The summed E-state index contributed by atoms with van der Waals surface area (Å²) in [6.45, 7) is 0.348. The van der Waals surface area contributed by atoms with Crippen LogP contribution in [0.2, 0.25) is 0 Å². The summed E-state index contributed by atoms with van der Waals surface area (Å²) in [5.74, 6) is 1.22. The minimum atomic E-state index is 0.348. The molecule has 2 N–H and O–H groups in total. The van der Waals surface area contributed by atoms with Crippen LogP contribution in [0.1, 0.15) is 11.1 Å². The van der Waals surface area contributed by atoms with E-state index in [1.807, 2.05) is 12.1 Å².